The molecule has 0 radical (unpaired) electrons. The van der Waals surface area contributed by atoms with Gasteiger partial charge in [0.2, 0.25) is 0 Å². The van der Waals surface area contributed by atoms with Gasteiger partial charge in [0.15, 0.2) is 5.78 Å². The van der Waals surface area contributed by atoms with Crippen LogP contribution in [-0.2, 0) is 4.79 Å². The first-order valence-electron chi connectivity index (χ1n) is 9.29. The molecular weight excluding hydrogens is 282 g/mol. The van der Waals surface area contributed by atoms with Crippen LogP contribution in [0.5, 0.6) is 0 Å². The highest BCUT2D eigenvalue weighted by Gasteiger charge is 2.20. The first kappa shape index (κ1) is 17.9. The molecule has 0 aromatic heterocycles. The Bertz CT molecular complexity index is 474. The number of ketones is 1. The minimum atomic E-state index is 0.166. The van der Waals surface area contributed by atoms with Crippen LogP contribution < -0.4 is 0 Å². The first-order chi connectivity index (χ1) is 11.3. The number of piperidine rings is 1. The van der Waals surface area contributed by atoms with Gasteiger partial charge in [-0.1, -0.05) is 69.0 Å². The lowest BCUT2D eigenvalue weighted by molar-refractivity contribution is -0.119. The molecule has 0 bridgehead atoms. The Balaban J connectivity index is 1.93. The lowest BCUT2D eigenvalue weighted by atomic mass is 9.94. The van der Waals surface area contributed by atoms with E-state index >= 15 is 0 Å². The van der Waals surface area contributed by atoms with Crippen LogP contribution in [0.3, 0.4) is 0 Å². The zero-order chi connectivity index (χ0) is 16.3. The van der Waals surface area contributed by atoms with Crippen molar-refractivity contribution in [1.82, 2.24) is 4.90 Å². The average molecular weight is 313 g/mol. The van der Waals surface area contributed by atoms with Gasteiger partial charge in [0.25, 0.3) is 0 Å². The van der Waals surface area contributed by atoms with Gasteiger partial charge in [-0.25, -0.2) is 0 Å². The molecule has 1 aliphatic rings. The molecule has 23 heavy (non-hydrogen) atoms. The number of hydrogen-bond donors (Lipinski definition) is 0. The Hall–Kier alpha value is -1.41. The molecule has 0 aliphatic carbocycles. The number of likely N-dealkylation sites (tertiary alicyclic amines) is 1. The van der Waals surface area contributed by atoms with Crippen molar-refractivity contribution in [3.05, 3.63) is 42.0 Å². The third-order valence-electron chi connectivity index (χ3n) is 4.73. The number of benzene rings is 1. The third-order valence-corrected chi connectivity index (χ3v) is 4.73. The summed E-state index contributed by atoms with van der Waals surface area (Å²) in [5.74, 6) is 0.468. The fraction of sp³-hybridized carbons (Fsp3) is 0.571. The fourth-order valence-electron chi connectivity index (χ4n) is 3.30. The lowest BCUT2D eigenvalue weighted by Crippen LogP contribution is -2.36. The molecule has 1 aliphatic heterocycles. The van der Waals surface area contributed by atoms with E-state index in [4.69, 9.17) is 0 Å². The van der Waals surface area contributed by atoms with E-state index in [0.717, 1.165) is 18.5 Å². The number of hydrogen-bond acceptors (Lipinski definition) is 2. The Morgan fingerprint density at radius 1 is 1.13 bits per heavy atom. The van der Waals surface area contributed by atoms with Gasteiger partial charge >= 0.3 is 0 Å². The number of allylic oxidation sites excluding steroid dienone is 1. The predicted octanol–water partition coefficient (Wildman–Crippen LogP) is 4.95. The quantitative estimate of drug-likeness (QED) is 0.475. The van der Waals surface area contributed by atoms with Gasteiger partial charge in [-0.3, -0.25) is 4.79 Å². The maximum atomic E-state index is 12.7. The highest BCUT2D eigenvalue weighted by atomic mass is 16.1. The largest absolute Gasteiger partial charge is 0.303 e. The van der Waals surface area contributed by atoms with Crippen LogP contribution in [0.4, 0.5) is 0 Å². The van der Waals surface area contributed by atoms with Gasteiger partial charge in [0.05, 0.1) is 0 Å². The molecule has 1 atom stereocenters. The summed E-state index contributed by atoms with van der Waals surface area (Å²) in [5.41, 5.74) is 1.10. The molecule has 1 aromatic rings. The standard InChI is InChI=1S/C21H31NO/c1-2-3-6-13-20(18-22-16-9-5-10-17-22)21(23)15-14-19-11-7-4-8-12-19/h4,7-8,11-12,14-15,20H,2-3,5-6,9-10,13,16-18H2,1H3. The fourth-order valence-corrected chi connectivity index (χ4v) is 3.30. The summed E-state index contributed by atoms with van der Waals surface area (Å²) in [6.07, 6.45) is 12.3. The van der Waals surface area contributed by atoms with Crippen LogP contribution >= 0.6 is 0 Å². The highest BCUT2D eigenvalue weighted by molar-refractivity contribution is 5.95. The molecule has 0 amide bonds. The molecule has 1 heterocycles. The summed E-state index contributed by atoms with van der Waals surface area (Å²) < 4.78 is 0. The number of unbranched alkanes of at least 4 members (excludes halogenated alkanes) is 2. The molecule has 0 saturated carbocycles. The zero-order valence-electron chi connectivity index (χ0n) is 14.5. The van der Waals surface area contributed by atoms with Crippen molar-refractivity contribution < 1.29 is 4.79 Å². The summed E-state index contributed by atoms with van der Waals surface area (Å²) >= 11 is 0. The van der Waals surface area contributed by atoms with Crippen molar-refractivity contribution in [1.29, 1.82) is 0 Å². The summed E-state index contributed by atoms with van der Waals surface area (Å²) in [5, 5.41) is 0. The molecule has 2 heteroatoms. The Morgan fingerprint density at radius 3 is 2.57 bits per heavy atom. The van der Waals surface area contributed by atoms with Gasteiger partial charge in [-0.15, -0.1) is 0 Å². The first-order valence-corrected chi connectivity index (χ1v) is 9.29. The van der Waals surface area contributed by atoms with Crippen LogP contribution in [0.2, 0.25) is 0 Å². The Morgan fingerprint density at radius 2 is 1.87 bits per heavy atom. The normalized spacial score (nSPS) is 17.4. The van der Waals surface area contributed by atoms with Crippen LogP contribution in [0, 0.1) is 5.92 Å². The van der Waals surface area contributed by atoms with E-state index in [1.165, 1.54) is 51.6 Å². The molecule has 1 aromatic carbocycles. The lowest BCUT2D eigenvalue weighted by Gasteiger charge is -2.29. The van der Waals surface area contributed by atoms with E-state index in [2.05, 4.69) is 11.8 Å². The number of rotatable bonds is 9. The molecule has 1 fully saturated rings. The van der Waals surface area contributed by atoms with Crippen LogP contribution in [0.1, 0.15) is 57.4 Å². The minimum absolute atomic E-state index is 0.166. The molecule has 126 valence electrons. The zero-order valence-corrected chi connectivity index (χ0v) is 14.5. The summed E-state index contributed by atoms with van der Waals surface area (Å²) in [4.78, 5) is 15.2. The van der Waals surface area contributed by atoms with Crippen LogP contribution in [-0.4, -0.2) is 30.3 Å². The molecule has 2 nitrogen and oxygen atoms in total. The molecule has 0 N–H and O–H groups in total. The van der Waals surface area contributed by atoms with Gasteiger partial charge in [0, 0.05) is 12.5 Å². The Kier molecular flexibility index (Phi) is 8.10. The van der Waals surface area contributed by atoms with E-state index in [9.17, 15) is 4.79 Å². The summed E-state index contributed by atoms with van der Waals surface area (Å²) in [7, 11) is 0. The van der Waals surface area contributed by atoms with Crippen molar-refractivity contribution in [2.45, 2.75) is 51.9 Å². The average Bonchev–Trinajstić information content (AvgIpc) is 2.61. The van der Waals surface area contributed by atoms with Crippen molar-refractivity contribution in [2.75, 3.05) is 19.6 Å². The van der Waals surface area contributed by atoms with Crippen molar-refractivity contribution >= 4 is 11.9 Å². The van der Waals surface area contributed by atoms with Crippen LogP contribution in [0.25, 0.3) is 6.08 Å². The number of carbonyl (C=O) groups is 1. The SMILES string of the molecule is CCCCCC(CN1CCCCC1)C(=O)C=Cc1ccccc1. The monoisotopic (exact) mass is 313 g/mol. The van der Waals surface area contributed by atoms with Gasteiger partial charge in [0.1, 0.15) is 0 Å². The predicted molar refractivity (Wildman–Crippen MR) is 98.4 cm³/mol. The maximum Gasteiger partial charge on any atom is 0.160 e. The summed E-state index contributed by atoms with van der Waals surface area (Å²) in [6.45, 7) is 5.50. The van der Waals surface area contributed by atoms with E-state index < -0.39 is 0 Å². The number of carbonyl (C=O) groups excluding carboxylic acids is 1. The molecule has 2 rings (SSSR count). The van der Waals surface area contributed by atoms with E-state index in [0.29, 0.717) is 5.78 Å². The summed E-state index contributed by atoms with van der Waals surface area (Å²) in [6, 6.07) is 10.1. The minimum Gasteiger partial charge on any atom is -0.303 e. The highest BCUT2D eigenvalue weighted by Crippen LogP contribution is 2.17. The van der Waals surface area contributed by atoms with Gasteiger partial charge in [-0.2, -0.15) is 0 Å². The van der Waals surface area contributed by atoms with E-state index in [-0.39, 0.29) is 5.92 Å². The van der Waals surface area contributed by atoms with Gasteiger partial charge < -0.3 is 4.90 Å². The number of nitrogens with zero attached hydrogens (tertiary/aromatic N) is 1. The molecule has 1 unspecified atom stereocenters. The second kappa shape index (κ2) is 10.4. The Labute approximate surface area is 141 Å². The van der Waals surface area contributed by atoms with Crippen LogP contribution in [0.15, 0.2) is 36.4 Å². The molecule has 0 spiro atoms. The van der Waals surface area contributed by atoms with Crippen molar-refractivity contribution in [3.8, 4) is 0 Å². The molecular formula is C21H31NO. The third kappa shape index (κ3) is 6.70. The van der Waals surface area contributed by atoms with Crippen molar-refractivity contribution in [2.24, 2.45) is 5.92 Å². The second-order valence-corrected chi connectivity index (χ2v) is 6.70. The van der Waals surface area contributed by atoms with E-state index in [1.807, 2.05) is 36.4 Å². The maximum absolute atomic E-state index is 12.7. The van der Waals surface area contributed by atoms with Gasteiger partial charge in [-0.05, 0) is 44.0 Å². The smallest absolute Gasteiger partial charge is 0.160 e. The topological polar surface area (TPSA) is 20.3 Å². The van der Waals surface area contributed by atoms with E-state index in [1.54, 1.807) is 6.08 Å². The molecule has 1 saturated heterocycles. The second-order valence-electron chi connectivity index (χ2n) is 6.70. The van der Waals surface area contributed by atoms with Crippen molar-refractivity contribution in [3.63, 3.8) is 0 Å².